The van der Waals surface area contributed by atoms with E-state index < -0.39 is 6.10 Å². The summed E-state index contributed by atoms with van der Waals surface area (Å²) in [5, 5.41) is 8.19. The third-order valence-electron chi connectivity index (χ3n) is 4.59. The first kappa shape index (κ1) is 16.3. The lowest BCUT2D eigenvalue weighted by molar-refractivity contribution is -0.131. The number of H-pyrrole nitrogens is 1. The number of carbonyl (C=O) groups is 1. The van der Waals surface area contributed by atoms with Gasteiger partial charge in [-0.3, -0.25) is 9.78 Å². The van der Waals surface area contributed by atoms with E-state index in [1.54, 1.807) is 12.4 Å². The SMILES string of the molecule is Cc1ccc2c(CCNC(=O)[C@H]3CC(c4ccncc4)=NO3)c[nH]c2c1. The number of aromatic nitrogens is 2. The lowest BCUT2D eigenvalue weighted by Gasteiger charge is -2.09. The third-order valence-corrected chi connectivity index (χ3v) is 4.59. The average molecular weight is 348 g/mol. The summed E-state index contributed by atoms with van der Waals surface area (Å²) >= 11 is 0. The first-order valence-electron chi connectivity index (χ1n) is 8.68. The number of aryl methyl sites for hydroxylation is 1. The van der Waals surface area contributed by atoms with Crippen molar-refractivity contribution in [2.24, 2.45) is 5.16 Å². The van der Waals surface area contributed by atoms with Crippen LogP contribution in [0.2, 0.25) is 0 Å². The van der Waals surface area contributed by atoms with E-state index in [1.165, 1.54) is 16.5 Å². The molecule has 4 rings (SSSR count). The molecule has 1 atom stereocenters. The number of aromatic amines is 1. The Labute approximate surface area is 151 Å². The molecular weight excluding hydrogens is 328 g/mol. The van der Waals surface area contributed by atoms with Crippen LogP contribution in [0.25, 0.3) is 10.9 Å². The number of benzene rings is 1. The lowest BCUT2D eigenvalue weighted by atomic mass is 10.1. The van der Waals surface area contributed by atoms with Crippen molar-refractivity contribution in [3.05, 3.63) is 65.6 Å². The zero-order valence-electron chi connectivity index (χ0n) is 14.5. The standard InChI is InChI=1S/C20H20N4O2/c1-13-2-3-16-15(12-23-18(16)10-13)6-9-22-20(25)19-11-17(24-26-19)14-4-7-21-8-5-14/h2-5,7-8,10,12,19,23H,6,9,11H2,1H3,(H,22,25)/t19-/m1/s1. The van der Waals surface area contributed by atoms with Gasteiger partial charge < -0.3 is 15.1 Å². The average Bonchev–Trinajstić information content (AvgIpc) is 3.30. The van der Waals surface area contributed by atoms with Crippen LogP contribution in [0, 0.1) is 6.92 Å². The molecule has 3 aromatic rings. The molecule has 3 heterocycles. The molecule has 0 fully saturated rings. The van der Waals surface area contributed by atoms with E-state index in [-0.39, 0.29) is 5.91 Å². The molecule has 0 bridgehead atoms. The van der Waals surface area contributed by atoms with Crippen molar-refractivity contribution in [3.63, 3.8) is 0 Å². The first-order valence-corrected chi connectivity index (χ1v) is 8.68. The van der Waals surface area contributed by atoms with Crippen molar-refractivity contribution < 1.29 is 9.63 Å². The highest BCUT2D eigenvalue weighted by atomic mass is 16.6. The summed E-state index contributed by atoms with van der Waals surface area (Å²) in [7, 11) is 0. The molecule has 6 nitrogen and oxygen atoms in total. The normalized spacial score (nSPS) is 16.3. The maximum atomic E-state index is 12.3. The van der Waals surface area contributed by atoms with Gasteiger partial charge in [-0.1, -0.05) is 17.3 Å². The van der Waals surface area contributed by atoms with E-state index in [0.717, 1.165) is 23.2 Å². The number of carbonyl (C=O) groups excluding carboxylic acids is 1. The summed E-state index contributed by atoms with van der Waals surface area (Å²) in [5.74, 6) is -0.131. The van der Waals surface area contributed by atoms with Crippen LogP contribution in [-0.2, 0) is 16.1 Å². The molecule has 1 aromatic carbocycles. The largest absolute Gasteiger partial charge is 0.382 e. The molecule has 1 amide bonds. The van der Waals surface area contributed by atoms with Crippen molar-refractivity contribution in [1.82, 2.24) is 15.3 Å². The van der Waals surface area contributed by atoms with E-state index in [9.17, 15) is 4.79 Å². The Kier molecular flexibility index (Phi) is 4.39. The molecule has 132 valence electrons. The topological polar surface area (TPSA) is 79.4 Å². The number of pyridine rings is 1. The molecule has 0 saturated carbocycles. The molecular formula is C20H20N4O2. The summed E-state index contributed by atoms with van der Waals surface area (Å²) in [5.41, 5.74) is 5.26. The number of rotatable bonds is 5. The second-order valence-corrected chi connectivity index (χ2v) is 6.48. The van der Waals surface area contributed by atoms with Gasteiger partial charge in [0.05, 0.1) is 5.71 Å². The predicted octanol–water partition coefficient (Wildman–Crippen LogP) is 2.72. The quantitative estimate of drug-likeness (QED) is 0.744. The summed E-state index contributed by atoms with van der Waals surface area (Å²) in [4.78, 5) is 24.9. The summed E-state index contributed by atoms with van der Waals surface area (Å²) < 4.78 is 0. The fourth-order valence-corrected chi connectivity index (χ4v) is 3.17. The van der Waals surface area contributed by atoms with Crippen LogP contribution in [0.5, 0.6) is 0 Å². The maximum Gasteiger partial charge on any atom is 0.264 e. The van der Waals surface area contributed by atoms with E-state index in [4.69, 9.17) is 4.84 Å². The van der Waals surface area contributed by atoms with Gasteiger partial charge in [-0.05, 0) is 42.7 Å². The smallest absolute Gasteiger partial charge is 0.264 e. The molecule has 2 N–H and O–H groups in total. The van der Waals surface area contributed by atoms with Gasteiger partial charge in [0.1, 0.15) is 0 Å². The number of fused-ring (bicyclic) bond motifs is 1. The van der Waals surface area contributed by atoms with Crippen LogP contribution in [0.3, 0.4) is 0 Å². The van der Waals surface area contributed by atoms with Gasteiger partial charge in [-0.2, -0.15) is 0 Å². The number of amides is 1. The van der Waals surface area contributed by atoms with Gasteiger partial charge in [0.2, 0.25) is 6.10 Å². The Bertz CT molecular complexity index is 962. The van der Waals surface area contributed by atoms with Gasteiger partial charge >= 0.3 is 0 Å². The fourth-order valence-electron chi connectivity index (χ4n) is 3.17. The zero-order chi connectivity index (χ0) is 17.9. The molecule has 0 unspecified atom stereocenters. The molecule has 6 heteroatoms. The molecule has 2 aromatic heterocycles. The van der Waals surface area contributed by atoms with Crippen LogP contribution in [0.4, 0.5) is 0 Å². The molecule has 26 heavy (non-hydrogen) atoms. The zero-order valence-corrected chi connectivity index (χ0v) is 14.5. The Morgan fingerprint density at radius 2 is 2.15 bits per heavy atom. The first-order chi connectivity index (χ1) is 12.7. The highest BCUT2D eigenvalue weighted by Gasteiger charge is 2.28. The lowest BCUT2D eigenvalue weighted by Crippen LogP contribution is -2.35. The summed E-state index contributed by atoms with van der Waals surface area (Å²) in [6.07, 6.45) is 6.08. The number of nitrogens with zero attached hydrogens (tertiary/aromatic N) is 2. The van der Waals surface area contributed by atoms with E-state index in [0.29, 0.717) is 13.0 Å². The minimum atomic E-state index is -0.566. The van der Waals surface area contributed by atoms with Crippen LogP contribution in [0.15, 0.2) is 54.1 Å². The van der Waals surface area contributed by atoms with Gasteiger partial charge in [-0.15, -0.1) is 0 Å². The molecule has 0 aliphatic carbocycles. The number of nitrogens with one attached hydrogen (secondary N) is 2. The van der Waals surface area contributed by atoms with Crippen molar-refractivity contribution >= 4 is 22.5 Å². The highest BCUT2D eigenvalue weighted by Crippen LogP contribution is 2.20. The Hall–Kier alpha value is -3.15. The highest BCUT2D eigenvalue weighted by molar-refractivity contribution is 6.03. The second-order valence-electron chi connectivity index (χ2n) is 6.48. The maximum absolute atomic E-state index is 12.3. The van der Waals surface area contributed by atoms with Crippen LogP contribution in [0.1, 0.15) is 23.1 Å². The van der Waals surface area contributed by atoms with Crippen LogP contribution < -0.4 is 5.32 Å². The molecule has 1 aliphatic rings. The van der Waals surface area contributed by atoms with Gasteiger partial charge in [-0.25, -0.2) is 0 Å². The van der Waals surface area contributed by atoms with E-state index in [2.05, 4.69) is 45.6 Å². The molecule has 0 saturated heterocycles. The molecule has 0 radical (unpaired) electrons. The van der Waals surface area contributed by atoms with Crippen LogP contribution in [-0.4, -0.2) is 34.2 Å². The van der Waals surface area contributed by atoms with Crippen molar-refractivity contribution in [2.75, 3.05) is 6.54 Å². The molecule has 1 aliphatic heterocycles. The Morgan fingerprint density at radius 1 is 1.31 bits per heavy atom. The number of hydrogen-bond donors (Lipinski definition) is 2. The van der Waals surface area contributed by atoms with Gasteiger partial charge in [0, 0.05) is 48.0 Å². The molecule has 0 spiro atoms. The second kappa shape index (κ2) is 7.00. The Morgan fingerprint density at radius 3 is 3.00 bits per heavy atom. The van der Waals surface area contributed by atoms with Crippen molar-refractivity contribution in [1.29, 1.82) is 0 Å². The predicted molar refractivity (Wildman–Crippen MR) is 100 cm³/mol. The monoisotopic (exact) mass is 348 g/mol. The van der Waals surface area contributed by atoms with Crippen LogP contribution >= 0.6 is 0 Å². The third kappa shape index (κ3) is 3.31. The summed E-state index contributed by atoms with van der Waals surface area (Å²) in [6, 6.07) is 10.1. The minimum Gasteiger partial charge on any atom is -0.382 e. The fraction of sp³-hybridized carbons (Fsp3) is 0.250. The minimum absolute atomic E-state index is 0.131. The van der Waals surface area contributed by atoms with Crippen molar-refractivity contribution in [3.8, 4) is 0 Å². The Balaban J connectivity index is 1.31. The summed E-state index contributed by atoms with van der Waals surface area (Å²) in [6.45, 7) is 2.63. The number of hydrogen-bond acceptors (Lipinski definition) is 4. The van der Waals surface area contributed by atoms with Gasteiger partial charge in [0.25, 0.3) is 5.91 Å². The number of oxime groups is 1. The van der Waals surface area contributed by atoms with Crippen molar-refractivity contribution in [2.45, 2.75) is 25.9 Å². The van der Waals surface area contributed by atoms with E-state index >= 15 is 0 Å². The van der Waals surface area contributed by atoms with Gasteiger partial charge in [0.15, 0.2) is 0 Å². The van der Waals surface area contributed by atoms with E-state index in [1.807, 2.05) is 18.3 Å².